The minimum Gasteiger partial charge on any atom is -0.384 e. The van der Waals surface area contributed by atoms with Gasteiger partial charge in [-0.3, -0.25) is 4.79 Å². The number of rotatable bonds is 6. The number of hydrogen-bond acceptors (Lipinski definition) is 4. The Hall–Kier alpha value is -1.62. The van der Waals surface area contributed by atoms with E-state index in [0.717, 1.165) is 25.4 Å². The number of amides is 1. The first kappa shape index (κ1) is 16.7. The van der Waals surface area contributed by atoms with E-state index in [2.05, 4.69) is 29.0 Å². The molecule has 0 aliphatic carbocycles. The first-order valence-corrected chi connectivity index (χ1v) is 8.26. The number of carbonyl (C=O) groups is 1. The van der Waals surface area contributed by atoms with Crippen molar-refractivity contribution >= 4 is 11.7 Å². The van der Waals surface area contributed by atoms with E-state index in [9.17, 15) is 4.79 Å². The predicted molar refractivity (Wildman–Crippen MR) is 89.6 cm³/mol. The van der Waals surface area contributed by atoms with Gasteiger partial charge in [0, 0.05) is 31.4 Å². The largest absolute Gasteiger partial charge is 0.384 e. The highest BCUT2D eigenvalue weighted by Crippen LogP contribution is 2.20. The van der Waals surface area contributed by atoms with Crippen LogP contribution < -0.4 is 11.1 Å². The zero-order valence-electron chi connectivity index (χ0n) is 13.7. The maximum Gasteiger partial charge on any atom is 0.251 e. The standard InChI is InChI=1S/C17H28N4O/c1-13(2)11-21-9-3-4-14(12-21)5-7-20-17(22)15-6-8-19-16(18)10-15/h6,8,10,13-14H,3-5,7,9,11-12H2,1-2H3,(H2,18,19)(H,20,22). The van der Waals surface area contributed by atoms with E-state index < -0.39 is 0 Å². The van der Waals surface area contributed by atoms with Gasteiger partial charge in [-0.05, 0) is 49.8 Å². The lowest BCUT2D eigenvalue weighted by Gasteiger charge is -2.33. The Kier molecular flexibility index (Phi) is 6.19. The van der Waals surface area contributed by atoms with Crippen molar-refractivity contribution in [2.75, 3.05) is 31.9 Å². The van der Waals surface area contributed by atoms with Crippen molar-refractivity contribution in [1.82, 2.24) is 15.2 Å². The number of likely N-dealkylation sites (tertiary alicyclic amines) is 1. The minimum absolute atomic E-state index is 0.0658. The van der Waals surface area contributed by atoms with Crippen LogP contribution >= 0.6 is 0 Å². The first-order valence-electron chi connectivity index (χ1n) is 8.26. The van der Waals surface area contributed by atoms with Crippen LogP contribution in [0.5, 0.6) is 0 Å². The Morgan fingerprint density at radius 3 is 3.09 bits per heavy atom. The number of nitrogen functional groups attached to an aromatic ring is 1. The zero-order chi connectivity index (χ0) is 15.9. The van der Waals surface area contributed by atoms with Crippen LogP contribution in [0.3, 0.4) is 0 Å². The molecule has 0 saturated carbocycles. The van der Waals surface area contributed by atoms with Crippen LogP contribution in [0.1, 0.15) is 43.5 Å². The quantitative estimate of drug-likeness (QED) is 0.845. The molecule has 2 rings (SSSR count). The van der Waals surface area contributed by atoms with Gasteiger partial charge in [-0.25, -0.2) is 4.98 Å². The third-order valence-electron chi connectivity index (χ3n) is 4.11. The average Bonchev–Trinajstić information content (AvgIpc) is 2.47. The summed E-state index contributed by atoms with van der Waals surface area (Å²) in [5.41, 5.74) is 6.18. The summed E-state index contributed by atoms with van der Waals surface area (Å²) < 4.78 is 0. The number of hydrogen-bond donors (Lipinski definition) is 2. The summed E-state index contributed by atoms with van der Waals surface area (Å²) in [5, 5.41) is 2.99. The molecule has 1 aliphatic rings. The number of piperidine rings is 1. The smallest absolute Gasteiger partial charge is 0.251 e. The van der Waals surface area contributed by atoms with Gasteiger partial charge in [0.05, 0.1) is 0 Å². The fourth-order valence-electron chi connectivity index (χ4n) is 3.15. The van der Waals surface area contributed by atoms with E-state index in [1.807, 2.05) is 0 Å². The molecule has 122 valence electrons. The van der Waals surface area contributed by atoms with Crippen molar-refractivity contribution in [2.24, 2.45) is 11.8 Å². The fourth-order valence-corrected chi connectivity index (χ4v) is 3.15. The number of nitrogens with one attached hydrogen (secondary N) is 1. The summed E-state index contributed by atoms with van der Waals surface area (Å²) in [6, 6.07) is 3.30. The third kappa shape index (κ3) is 5.30. The highest BCUT2D eigenvalue weighted by molar-refractivity contribution is 5.94. The number of carbonyl (C=O) groups excluding carboxylic acids is 1. The maximum absolute atomic E-state index is 12.0. The Bertz CT molecular complexity index is 489. The molecule has 1 aliphatic heterocycles. The first-order chi connectivity index (χ1) is 10.5. The van der Waals surface area contributed by atoms with Gasteiger partial charge in [0.15, 0.2) is 0 Å². The maximum atomic E-state index is 12.0. The zero-order valence-corrected chi connectivity index (χ0v) is 13.7. The summed E-state index contributed by atoms with van der Waals surface area (Å²) >= 11 is 0. The van der Waals surface area contributed by atoms with Gasteiger partial charge in [-0.2, -0.15) is 0 Å². The van der Waals surface area contributed by atoms with Crippen molar-refractivity contribution < 1.29 is 4.79 Å². The predicted octanol–water partition coefficient (Wildman–Crippen LogP) is 2.15. The second-order valence-corrected chi connectivity index (χ2v) is 6.68. The van der Waals surface area contributed by atoms with Crippen LogP contribution in [0.4, 0.5) is 5.82 Å². The molecule has 1 saturated heterocycles. The highest BCUT2D eigenvalue weighted by Gasteiger charge is 2.20. The van der Waals surface area contributed by atoms with Crippen molar-refractivity contribution in [3.8, 4) is 0 Å². The molecule has 1 amide bonds. The molecule has 3 N–H and O–H groups in total. The molecule has 22 heavy (non-hydrogen) atoms. The van der Waals surface area contributed by atoms with Gasteiger partial charge in [-0.1, -0.05) is 13.8 Å². The topological polar surface area (TPSA) is 71.2 Å². The summed E-state index contributed by atoms with van der Waals surface area (Å²) in [7, 11) is 0. The Morgan fingerprint density at radius 2 is 2.36 bits per heavy atom. The molecular formula is C17H28N4O. The van der Waals surface area contributed by atoms with Crippen LogP contribution in [0.2, 0.25) is 0 Å². The summed E-state index contributed by atoms with van der Waals surface area (Å²) in [4.78, 5) is 18.5. The molecule has 1 fully saturated rings. The molecular weight excluding hydrogens is 276 g/mol. The van der Waals surface area contributed by atoms with Crippen LogP contribution in [0, 0.1) is 11.8 Å². The van der Waals surface area contributed by atoms with E-state index >= 15 is 0 Å². The monoisotopic (exact) mass is 304 g/mol. The Morgan fingerprint density at radius 1 is 1.55 bits per heavy atom. The summed E-state index contributed by atoms with van der Waals surface area (Å²) in [6.07, 6.45) is 5.15. The van der Waals surface area contributed by atoms with Gasteiger partial charge < -0.3 is 16.0 Å². The molecule has 1 aromatic heterocycles. The van der Waals surface area contributed by atoms with Gasteiger partial charge in [0.2, 0.25) is 0 Å². The molecule has 1 aromatic rings. The normalized spacial score (nSPS) is 19.3. The lowest BCUT2D eigenvalue weighted by molar-refractivity contribution is 0.0946. The van der Waals surface area contributed by atoms with Gasteiger partial charge in [0.25, 0.3) is 5.91 Å². The van der Waals surface area contributed by atoms with Crippen LogP contribution in [-0.4, -0.2) is 42.0 Å². The number of nitrogens with two attached hydrogens (primary N) is 1. The average molecular weight is 304 g/mol. The molecule has 0 radical (unpaired) electrons. The molecule has 5 nitrogen and oxygen atoms in total. The van der Waals surface area contributed by atoms with E-state index in [1.54, 1.807) is 18.3 Å². The molecule has 1 atom stereocenters. The van der Waals surface area contributed by atoms with E-state index in [4.69, 9.17) is 5.73 Å². The van der Waals surface area contributed by atoms with Crippen molar-refractivity contribution in [3.63, 3.8) is 0 Å². The minimum atomic E-state index is -0.0658. The molecule has 0 bridgehead atoms. The SMILES string of the molecule is CC(C)CN1CCCC(CCNC(=O)c2ccnc(N)c2)C1. The van der Waals surface area contributed by atoms with E-state index in [1.165, 1.54) is 25.9 Å². The molecule has 5 heteroatoms. The van der Waals surface area contributed by atoms with Crippen molar-refractivity contribution in [3.05, 3.63) is 23.9 Å². The fraction of sp³-hybridized carbons (Fsp3) is 0.647. The molecule has 0 aromatic carbocycles. The molecule has 2 heterocycles. The van der Waals surface area contributed by atoms with Crippen LogP contribution in [0.15, 0.2) is 18.3 Å². The van der Waals surface area contributed by atoms with Gasteiger partial charge in [-0.15, -0.1) is 0 Å². The van der Waals surface area contributed by atoms with Crippen molar-refractivity contribution in [1.29, 1.82) is 0 Å². The number of anilines is 1. The number of nitrogens with zero attached hydrogens (tertiary/aromatic N) is 2. The number of pyridine rings is 1. The summed E-state index contributed by atoms with van der Waals surface area (Å²) in [6.45, 7) is 8.82. The lowest BCUT2D eigenvalue weighted by atomic mass is 9.94. The highest BCUT2D eigenvalue weighted by atomic mass is 16.1. The second-order valence-electron chi connectivity index (χ2n) is 6.68. The Balaban J connectivity index is 1.73. The Labute approximate surface area is 133 Å². The van der Waals surface area contributed by atoms with Gasteiger partial charge >= 0.3 is 0 Å². The molecule has 1 unspecified atom stereocenters. The van der Waals surface area contributed by atoms with E-state index in [-0.39, 0.29) is 5.91 Å². The van der Waals surface area contributed by atoms with Crippen molar-refractivity contribution in [2.45, 2.75) is 33.1 Å². The van der Waals surface area contributed by atoms with Crippen LogP contribution in [-0.2, 0) is 0 Å². The van der Waals surface area contributed by atoms with Crippen LogP contribution in [0.25, 0.3) is 0 Å². The summed E-state index contributed by atoms with van der Waals surface area (Å²) in [5.74, 6) is 1.72. The lowest BCUT2D eigenvalue weighted by Crippen LogP contribution is -2.39. The number of aromatic nitrogens is 1. The third-order valence-corrected chi connectivity index (χ3v) is 4.11. The van der Waals surface area contributed by atoms with E-state index in [0.29, 0.717) is 17.3 Å². The second kappa shape index (κ2) is 8.13. The molecule has 0 spiro atoms. The van der Waals surface area contributed by atoms with Gasteiger partial charge in [0.1, 0.15) is 5.82 Å².